The van der Waals surface area contributed by atoms with Gasteiger partial charge in [-0.25, -0.2) is 0 Å². The Kier molecular flexibility index (Phi) is 6.69. The van der Waals surface area contributed by atoms with E-state index >= 15 is 0 Å². The highest BCUT2D eigenvalue weighted by Crippen LogP contribution is 2.30. The summed E-state index contributed by atoms with van der Waals surface area (Å²) in [6, 6.07) is 0. The van der Waals surface area contributed by atoms with Crippen molar-refractivity contribution in [2.24, 2.45) is 0 Å². The molecule has 0 aromatic heterocycles. The maximum Gasteiger partial charge on any atom is 0.256 e. The monoisotopic (exact) mass is 384 g/mol. The fourth-order valence-corrected chi connectivity index (χ4v) is 2.83. The molecule has 2 saturated heterocycles. The first-order valence-electron chi connectivity index (χ1n) is 7.92. The summed E-state index contributed by atoms with van der Waals surface area (Å²) >= 11 is 0. The van der Waals surface area contributed by atoms with Gasteiger partial charge in [0.1, 0.15) is 48.8 Å². The standard InChI is InChI=1S/C14H24O12/c1-4(16)14(23)12(22)10(20)8(18)6(26-14)3-24-13-11(21)9(19)7(17)5(2-15)25-13/h5-13,15,17-23H,2-3H2,1H3/t5-,6-,7-,8-,9+,10+,11-,12-,13+,14+/m1/s1. The molecule has 8 N–H and O–H groups in total. The van der Waals surface area contributed by atoms with Crippen LogP contribution >= 0.6 is 0 Å². The predicted molar refractivity (Wildman–Crippen MR) is 78.2 cm³/mol. The van der Waals surface area contributed by atoms with E-state index in [4.69, 9.17) is 19.3 Å². The van der Waals surface area contributed by atoms with Crippen LogP contribution in [0, 0.1) is 0 Å². The summed E-state index contributed by atoms with van der Waals surface area (Å²) in [5.74, 6) is -3.80. The maximum atomic E-state index is 11.5. The van der Waals surface area contributed by atoms with Crippen molar-refractivity contribution in [2.75, 3.05) is 13.2 Å². The summed E-state index contributed by atoms with van der Waals surface area (Å²) in [7, 11) is 0. The van der Waals surface area contributed by atoms with E-state index in [-0.39, 0.29) is 0 Å². The van der Waals surface area contributed by atoms with Gasteiger partial charge >= 0.3 is 0 Å². The summed E-state index contributed by atoms with van der Waals surface area (Å²) in [5, 5.41) is 77.9. The zero-order valence-electron chi connectivity index (χ0n) is 13.8. The van der Waals surface area contributed by atoms with E-state index in [0.717, 1.165) is 6.92 Å². The molecule has 0 spiro atoms. The first-order chi connectivity index (χ1) is 12.0. The highest BCUT2D eigenvalue weighted by molar-refractivity contribution is 5.84. The van der Waals surface area contributed by atoms with Gasteiger partial charge in [-0.2, -0.15) is 0 Å². The Bertz CT molecular complexity index is 500. The second-order valence-electron chi connectivity index (χ2n) is 6.37. The third kappa shape index (κ3) is 3.76. The van der Waals surface area contributed by atoms with Crippen molar-refractivity contribution in [3.05, 3.63) is 0 Å². The number of ketones is 1. The Labute approximate surface area is 147 Å². The molecule has 12 nitrogen and oxygen atoms in total. The minimum absolute atomic E-state index is 0.636. The highest BCUT2D eigenvalue weighted by Gasteiger charge is 2.56. The third-order valence-corrected chi connectivity index (χ3v) is 4.56. The number of hydrogen-bond donors (Lipinski definition) is 8. The SMILES string of the molecule is CC(=O)[C@]1(O)O[C@H](CO[C@H]2O[C@H](CO)[C@@H](O)[C@H](O)[C@H]2O)[C@@H](O)[C@H](O)[C@H]1O. The zero-order valence-corrected chi connectivity index (χ0v) is 13.8. The van der Waals surface area contributed by atoms with E-state index in [1.54, 1.807) is 0 Å². The van der Waals surface area contributed by atoms with Gasteiger partial charge in [-0.1, -0.05) is 0 Å². The van der Waals surface area contributed by atoms with Crippen LogP contribution in [0.25, 0.3) is 0 Å². The number of aliphatic hydroxyl groups excluding tert-OH is 7. The predicted octanol–water partition coefficient (Wildman–Crippen LogP) is -5.44. The summed E-state index contributed by atoms with van der Waals surface area (Å²) in [6.45, 7) is -0.408. The van der Waals surface area contributed by atoms with Crippen molar-refractivity contribution in [1.29, 1.82) is 0 Å². The molecule has 26 heavy (non-hydrogen) atoms. The van der Waals surface area contributed by atoms with Gasteiger partial charge in [0.05, 0.1) is 13.2 Å². The quantitative estimate of drug-likeness (QED) is 0.223. The molecule has 0 radical (unpaired) electrons. The number of hydrogen-bond acceptors (Lipinski definition) is 12. The van der Waals surface area contributed by atoms with Crippen molar-refractivity contribution in [3.8, 4) is 0 Å². The molecule has 0 bridgehead atoms. The molecule has 0 aromatic carbocycles. The van der Waals surface area contributed by atoms with Gasteiger partial charge in [0.15, 0.2) is 12.1 Å². The topological polar surface area (TPSA) is 207 Å². The van der Waals surface area contributed by atoms with Crippen LogP contribution in [-0.2, 0) is 19.0 Å². The molecule has 0 saturated carbocycles. The lowest BCUT2D eigenvalue weighted by Crippen LogP contribution is -2.68. The minimum atomic E-state index is -2.78. The Morgan fingerprint density at radius 3 is 2.08 bits per heavy atom. The molecule has 2 fully saturated rings. The molecular weight excluding hydrogens is 360 g/mol. The molecule has 2 aliphatic heterocycles. The van der Waals surface area contributed by atoms with E-state index in [1.807, 2.05) is 0 Å². The van der Waals surface area contributed by atoms with Crippen LogP contribution in [0.1, 0.15) is 6.92 Å². The normalized spacial score (nSPS) is 49.8. The van der Waals surface area contributed by atoms with Crippen molar-refractivity contribution in [2.45, 2.75) is 67.8 Å². The van der Waals surface area contributed by atoms with Crippen LogP contribution in [0.4, 0.5) is 0 Å². The summed E-state index contributed by atoms with van der Waals surface area (Å²) in [4.78, 5) is 11.5. The number of rotatable bonds is 5. The van der Waals surface area contributed by atoms with E-state index < -0.39 is 79.9 Å². The Hall–Kier alpha value is -0.770. The average Bonchev–Trinajstić information content (AvgIpc) is 2.61. The molecule has 10 atom stereocenters. The second kappa shape index (κ2) is 8.08. The van der Waals surface area contributed by atoms with Crippen LogP contribution in [0.5, 0.6) is 0 Å². The molecule has 2 aliphatic rings. The van der Waals surface area contributed by atoms with Crippen LogP contribution in [0.15, 0.2) is 0 Å². The molecule has 0 aromatic rings. The van der Waals surface area contributed by atoms with Crippen molar-refractivity contribution in [1.82, 2.24) is 0 Å². The lowest BCUT2D eigenvalue weighted by molar-refractivity contribution is -0.347. The molecule has 152 valence electrons. The van der Waals surface area contributed by atoms with Crippen LogP contribution in [0.3, 0.4) is 0 Å². The number of carbonyl (C=O) groups excluding carboxylic acids is 1. The molecule has 2 rings (SSSR count). The maximum absolute atomic E-state index is 11.5. The Morgan fingerprint density at radius 1 is 0.962 bits per heavy atom. The van der Waals surface area contributed by atoms with Gasteiger partial charge in [-0.15, -0.1) is 0 Å². The van der Waals surface area contributed by atoms with Gasteiger partial charge in [0.2, 0.25) is 0 Å². The van der Waals surface area contributed by atoms with Crippen LogP contribution in [0.2, 0.25) is 0 Å². The van der Waals surface area contributed by atoms with Crippen molar-refractivity contribution < 1.29 is 59.9 Å². The van der Waals surface area contributed by atoms with Gasteiger partial charge in [-0.3, -0.25) is 4.79 Å². The molecule has 2 heterocycles. The van der Waals surface area contributed by atoms with E-state index in [1.165, 1.54) is 0 Å². The average molecular weight is 384 g/mol. The number of Topliss-reactive ketones (excluding diaryl/α,β-unsaturated/α-hetero) is 1. The fourth-order valence-electron chi connectivity index (χ4n) is 2.83. The number of ether oxygens (including phenoxy) is 3. The smallest absolute Gasteiger partial charge is 0.256 e. The summed E-state index contributed by atoms with van der Waals surface area (Å²) in [6.07, 6.45) is -15.1. The van der Waals surface area contributed by atoms with Gasteiger partial charge < -0.3 is 55.1 Å². The van der Waals surface area contributed by atoms with Gasteiger partial charge in [0, 0.05) is 6.92 Å². The number of carbonyl (C=O) groups is 1. The van der Waals surface area contributed by atoms with E-state index in [0.29, 0.717) is 0 Å². The summed E-state index contributed by atoms with van der Waals surface area (Å²) in [5.41, 5.74) is 0. The van der Waals surface area contributed by atoms with E-state index in [9.17, 15) is 40.5 Å². The first-order valence-corrected chi connectivity index (χ1v) is 7.92. The van der Waals surface area contributed by atoms with Crippen LogP contribution in [-0.4, -0.2) is 121 Å². The fraction of sp³-hybridized carbons (Fsp3) is 0.929. The lowest BCUT2D eigenvalue weighted by Gasteiger charge is -2.45. The lowest BCUT2D eigenvalue weighted by atomic mass is 9.90. The third-order valence-electron chi connectivity index (χ3n) is 4.56. The molecule has 0 amide bonds. The van der Waals surface area contributed by atoms with E-state index in [2.05, 4.69) is 0 Å². The van der Waals surface area contributed by atoms with Gasteiger partial charge in [0.25, 0.3) is 5.79 Å². The van der Waals surface area contributed by atoms with Crippen molar-refractivity contribution in [3.63, 3.8) is 0 Å². The molecular formula is C14H24O12. The number of aliphatic hydroxyl groups is 8. The second-order valence-corrected chi connectivity index (χ2v) is 6.37. The minimum Gasteiger partial charge on any atom is -0.394 e. The van der Waals surface area contributed by atoms with Crippen molar-refractivity contribution >= 4 is 5.78 Å². The zero-order chi connectivity index (χ0) is 19.8. The molecule has 12 heteroatoms. The van der Waals surface area contributed by atoms with Crippen LogP contribution < -0.4 is 0 Å². The molecule has 0 aliphatic carbocycles. The Morgan fingerprint density at radius 2 is 1.54 bits per heavy atom. The van der Waals surface area contributed by atoms with Gasteiger partial charge in [-0.05, 0) is 0 Å². The Balaban J connectivity index is 2.06. The first kappa shape index (κ1) is 21.5. The highest BCUT2D eigenvalue weighted by atomic mass is 16.7. The summed E-state index contributed by atoms with van der Waals surface area (Å²) < 4.78 is 15.2. The molecule has 0 unspecified atom stereocenters. The largest absolute Gasteiger partial charge is 0.394 e.